The van der Waals surface area contributed by atoms with E-state index in [0.717, 1.165) is 50.0 Å². The molecule has 2 amide bonds. The molecule has 5 heterocycles. The molecule has 6 N–H and O–H groups in total. The number of hydrogen-bond donors (Lipinski definition) is 6. The molecule has 3 aliphatic heterocycles. The molecular weight excluding hydrogens is 702 g/mol. The highest BCUT2D eigenvalue weighted by Crippen LogP contribution is 2.39. The number of aromatic amines is 1. The fourth-order valence-corrected chi connectivity index (χ4v) is 7.91. The number of carboxylic acid groups (broad SMARTS) is 1. The summed E-state index contributed by atoms with van der Waals surface area (Å²) in [4.78, 5) is 44.0. The van der Waals surface area contributed by atoms with Crippen LogP contribution in [0, 0.1) is 5.92 Å². The van der Waals surface area contributed by atoms with Gasteiger partial charge in [0.05, 0.1) is 23.7 Å². The Kier molecular flexibility index (Phi) is 11.8. The van der Waals surface area contributed by atoms with Crippen LogP contribution in [0.4, 0.5) is 4.79 Å². The minimum Gasteiger partial charge on any atom is -0.506 e. The van der Waals surface area contributed by atoms with E-state index in [1.165, 1.54) is 12.1 Å². The number of piperidine rings is 3. The minimum absolute atomic E-state index is 0.0572. The number of hydrogen-bond acceptors (Lipinski definition) is 9. The third-order valence-electron chi connectivity index (χ3n) is 10.7. The molecule has 3 atom stereocenters. The second-order valence-electron chi connectivity index (χ2n) is 14.3. The highest BCUT2D eigenvalue weighted by Gasteiger charge is 2.43. The largest absolute Gasteiger partial charge is 0.506 e. The Labute approximate surface area is 318 Å². The van der Waals surface area contributed by atoms with E-state index in [1.807, 2.05) is 54.6 Å². The summed E-state index contributed by atoms with van der Waals surface area (Å²) in [6, 6.07) is 26.0. The van der Waals surface area contributed by atoms with Crippen LogP contribution < -0.4 is 20.9 Å². The summed E-state index contributed by atoms with van der Waals surface area (Å²) in [7, 11) is 0. The molecule has 1 unspecified atom stereocenters. The molecular formula is C42H47N5O8. The molecule has 5 aromatic rings. The fraction of sp³-hybridized carbons (Fsp3) is 0.357. The number of fused-ring (bicyclic) bond motifs is 4. The SMILES string of the molecule is O=C(NCCCCNC[C@@H](O)c1ccc(O)c2[nH]c(=O)ccc12)c1ccc(COc2cccc(C(c3ccccc3)N(C(=O)O)[C@H]3CN4CCC3CC4)c2)o1. The number of unbranched alkanes of at least 4 members (excludes halogenated alkanes) is 1. The van der Waals surface area contributed by atoms with Crippen LogP contribution in [0.1, 0.15) is 70.8 Å². The summed E-state index contributed by atoms with van der Waals surface area (Å²) in [6.07, 6.45) is 1.67. The van der Waals surface area contributed by atoms with Gasteiger partial charge in [-0.2, -0.15) is 0 Å². The standard InChI is InChI=1S/C42H47N5O8/c48-35-14-12-32(33-13-16-38(50)45-39(33)35)36(49)24-43-19-4-5-20-44-41(51)37-15-11-31(55-37)26-54-30-10-6-9-29(23-30)40(28-7-2-1-3-8-28)47(42(52)53)34-25-46-21-17-27(34)18-22-46/h1-3,6-16,23,27,34,36,40,43,48-49H,4-5,17-22,24-26H2,(H,44,51)(H,45,50)(H,52,53)/t34-,36+,40?/m0/s1. The van der Waals surface area contributed by atoms with Gasteiger partial charge >= 0.3 is 6.09 Å². The van der Waals surface area contributed by atoms with E-state index in [4.69, 9.17) is 9.15 Å². The zero-order valence-electron chi connectivity index (χ0n) is 30.5. The summed E-state index contributed by atoms with van der Waals surface area (Å²) in [5.74, 6) is 1.16. The van der Waals surface area contributed by atoms with Crippen molar-refractivity contribution in [3.05, 3.63) is 130 Å². The summed E-state index contributed by atoms with van der Waals surface area (Å²) >= 11 is 0. The van der Waals surface area contributed by atoms with Gasteiger partial charge in [-0.05, 0) is 104 Å². The molecule has 0 aliphatic carbocycles. The first-order valence-electron chi connectivity index (χ1n) is 18.9. The van der Waals surface area contributed by atoms with Crippen molar-refractivity contribution in [2.45, 2.75) is 50.5 Å². The van der Waals surface area contributed by atoms with Gasteiger partial charge in [-0.15, -0.1) is 0 Å². The molecule has 288 valence electrons. The van der Waals surface area contributed by atoms with Crippen LogP contribution in [0.15, 0.2) is 100 Å². The zero-order chi connectivity index (χ0) is 38.3. The van der Waals surface area contributed by atoms with Crippen molar-refractivity contribution in [2.24, 2.45) is 5.92 Å². The predicted octanol–water partition coefficient (Wildman–Crippen LogP) is 5.40. The van der Waals surface area contributed by atoms with E-state index in [1.54, 1.807) is 29.2 Å². The number of furan rings is 1. The lowest BCUT2D eigenvalue weighted by Crippen LogP contribution is -2.59. The number of aliphatic hydroxyl groups is 1. The van der Waals surface area contributed by atoms with E-state index < -0.39 is 18.2 Å². The second kappa shape index (κ2) is 17.2. The number of rotatable bonds is 16. The first-order valence-corrected chi connectivity index (χ1v) is 18.9. The first-order chi connectivity index (χ1) is 26.7. The third-order valence-corrected chi connectivity index (χ3v) is 10.7. The molecule has 0 saturated carbocycles. The maximum Gasteiger partial charge on any atom is 0.408 e. The first kappa shape index (κ1) is 37.7. The van der Waals surface area contributed by atoms with Crippen LogP contribution in [0.25, 0.3) is 10.9 Å². The van der Waals surface area contributed by atoms with Gasteiger partial charge in [0.15, 0.2) is 5.76 Å². The summed E-state index contributed by atoms with van der Waals surface area (Å²) in [5.41, 5.74) is 2.27. The average molecular weight is 750 g/mol. The predicted molar refractivity (Wildman–Crippen MR) is 206 cm³/mol. The number of pyridine rings is 1. The van der Waals surface area contributed by atoms with Crippen molar-refractivity contribution in [3.63, 3.8) is 0 Å². The van der Waals surface area contributed by atoms with Crippen molar-refractivity contribution < 1.29 is 34.1 Å². The number of aromatic hydroxyl groups is 1. The van der Waals surface area contributed by atoms with Crippen LogP contribution in [0.5, 0.6) is 11.5 Å². The average Bonchev–Trinajstić information content (AvgIpc) is 3.69. The van der Waals surface area contributed by atoms with Crippen LogP contribution in [0.2, 0.25) is 0 Å². The molecule has 3 fully saturated rings. The Bertz CT molecular complexity index is 2140. The maximum atomic E-state index is 13.0. The number of phenolic OH excluding ortho intramolecular Hbond substituents is 1. The molecule has 3 aromatic carbocycles. The normalized spacial score (nSPS) is 18.8. The zero-order valence-corrected chi connectivity index (χ0v) is 30.5. The third kappa shape index (κ3) is 8.86. The van der Waals surface area contributed by atoms with Gasteiger partial charge in [-0.1, -0.05) is 48.5 Å². The molecule has 3 saturated heterocycles. The highest BCUT2D eigenvalue weighted by atomic mass is 16.5. The number of aromatic nitrogens is 1. The molecule has 13 heteroatoms. The van der Waals surface area contributed by atoms with Crippen LogP contribution in [-0.2, 0) is 6.61 Å². The molecule has 0 spiro atoms. The minimum atomic E-state index is -0.936. The number of carbonyl (C=O) groups excluding carboxylic acids is 1. The number of ether oxygens (including phenoxy) is 1. The molecule has 55 heavy (non-hydrogen) atoms. The van der Waals surface area contributed by atoms with Gasteiger partial charge in [-0.25, -0.2) is 4.79 Å². The number of benzene rings is 3. The lowest BCUT2D eigenvalue weighted by molar-refractivity contribution is -0.000815. The fourth-order valence-electron chi connectivity index (χ4n) is 7.91. The van der Waals surface area contributed by atoms with Gasteiger partial charge in [0.2, 0.25) is 5.56 Å². The lowest BCUT2D eigenvalue weighted by atomic mass is 9.81. The second-order valence-corrected chi connectivity index (χ2v) is 14.3. The number of nitrogens with zero attached hydrogens (tertiary/aromatic N) is 2. The van der Waals surface area contributed by atoms with Crippen molar-refractivity contribution >= 4 is 22.9 Å². The summed E-state index contributed by atoms with van der Waals surface area (Å²) in [5, 5.41) is 38.1. The topological polar surface area (TPSA) is 181 Å². The van der Waals surface area contributed by atoms with Crippen molar-refractivity contribution in [1.82, 2.24) is 25.4 Å². The Morgan fingerprint density at radius 1 is 0.945 bits per heavy atom. The van der Waals surface area contributed by atoms with E-state index in [-0.39, 0.29) is 42.2 Å². The number of phenols is 1. The van der Waals surface area contributed by atoms with E-state index >= 15 is 0 Å². The molecule has 13 nitrogen and oxygen atoms in total. The van der Waals surface area contributed by atoms with Crippen molar-refractivity contribution in [2.75, 3.05) is 39.3 Å². The van der Waals surface area contributed by atoms with E-state index in [0.29, 0.717) is 53.4 Å². The van der Waals surface area contributed by atoms with Gasteiger partial charge in [0.1, 0.15) is 23.9 Å². The van der Waals surface area contributed by atoms with Crippen LogP contribution >= 0.6 is 0 Å². The monoisotopic (exact) mass is 749 g/mol. The number of carbonyl (C=O) groups is 2. The Hall–Kier alpha value is -5.63. The van der Waals surface area contributed by atoms with Gasteiger partial charge in [0.25, 0.3) is 5.91 Å². The molecule has 8 rings (SSSR count). The highest BCUT2D eigenvalue weighted by molar-refractivity contribution is 5.91. The lowest BCUT2D eigenvalue weighted by Gasteiger charge is -2.50. The van der Waals surface area contributed by atoms with Crippen molar-refractivity contribution in [1.29, 1.82) is 0 Å². The number of nitrogens with one attached hydrogen (secondary N) is 3. The maximum absolute atomic E-state index is 13.0. The van der Waals surface area contributed by atoms with Crippen LogP contribution in [0.3, 0.4) is 0 Å². The van der Waals surface area contributed by atoms with E-state index in [9.17, 15) is 29.7 Å². The summed E-state index contributed by atoms with van der Waals surface area (Å²) < 4.78 is 11.9. The van der Waals surface area contributed by atoms with Gasteiger partial charge < -0.3 is 45.0 Å². The Morgan fingerprint density at radius 3 is 2.49 bits per heavy atom. The molecule has 3 aliphatic rings. The van der Waals surface area contributed by atoms with E-state index in [2.05, 4.69) is 20.5 Å². The van der Waals surface area contributed by atoms with Gasteiger partial charge in [0, 0.05) is 31.1 Å². The molecule has 0 radical (unpaired) electrons. The van der Waals surface area contributed by atoms with Gasteiger partial charge in [-0.3, -0.25) is 14.5 Å². The number of aliphatic hydroxyl groups excluding tert-OH is 1. The molecule has 2 bridgehead atoms. The Balaban J connectivity index is 0.888. The van der Waals surface area contributed by atoms with Crippen molar-refractivity contribution in [3.8, 4) is 11.5 Å². The number of H-pyrrole nitrogens is 1. The Morgan fingerprint density at radius 2 is 1.73 bits per heavy atom. The van der Waals surface area contributed by atoms with Crippen LogP contribution in [-0.4, -0.2) is 87.4 Å². The number of amides is 2. The quantitative estimate of drug-likeness (QED) is 0.0715. The summed E-state index contributed by atoms with van der Waals surface area (Å²) in [6.45, 7) is 4.19. The molecule has 2 aromatic heterocycles. The smallest absolute Gasteiger partial charge is 0.408 e.